The largest absolute Gasteiger partial charge is 0.545 e. The predicted molar refractivity (Wildman–Crippen MR) is 85.8 cm³/mol. The van der Waals surface area contributed by atoms with E-state index in [0.29, 0.717) is 23.4 Å². The molecule has 6 heteroatoms. The summed E-state index contributed by atoms with van der Waals surface area (Å²) in [6.45, 7) is 2.08. The number of carboxylic acid groups (broad SMARTS) is 1. The first-order valence-electron chi connectivity index (χ1n) is 7.23. The number of nitrogens with zero attached hydrogens (tertiary/aromatic N) is 2. The second kappa shape index (κ2) is 7.29. The lowest BCUT2D eigenvalue weighted by atomic mass is 10.1. The maximum absolute atomic E-state index is 12.7. The van der Waals surface area contributed by atoms with Crippen LogP contribution in [0.5, 0.6) is 5.75 Å². The van der Waals surface area contributed by atoms with Crippen molar-refractivity contribution in [1.82, 2.24) is 0 Å². The number of anilines is 1. The fourth-order valence-corrected chi connectivity index (χ4v) is 2.38. The van der Waals surface area contributed by atoms with Crippen LogP contribution in [-0.4, -0.2) is 25.5 Å². The van der Waals surface area contributed by atoms with Crippen LogP contribution in [0.4, 0.5) is 5.69 Å². The van der Waals surface area contributed by atoms with Gasteiger partial charge in [0.15, 0.2) is 5.75 Å². The van der Waals surface area contributed by atoms with E-state index in [9.17, 15) is 14.7 Å². The van der Waals surface area contributed by atoms with Crippen molar-refractivity contribution in [2.75, 3.05) is 18.6 Å². The van der Waals surface area contributed by atoms with Crippen molar-refractivity contribution >= 4 is 17.6 Å². The molecule has 0 unspecified atom stereocenters. The SMILES string of the molecule is CCN(C(=O)c1ccc(C#N)cc1)c1cccc(C(=O)[O-])c1OC. The molecule has 6 nitrogen and oxygen atoms in total. The normalized spacial score (nSPS) is 9.88. The maximum Gasteiger partial charge on any atom is 0.258 e. The molecule has 0 saturated carbocycles. The standard InChI is InChI=1S/C18H16N2O4/c1-3-20(17(21)13-9-7-12(11-19)8-10-13)15-6-4-5-14(18(22)23)16(15)24-2/h4-10H,3H2,1-2H3,(H,22,23)/p-1. The van der Waals surface area contributed by atoms with Gasteiger partial charge in [-0.15, -0.1) is 0 Å². The van der Waals surface area contributed by atoms with Gasteiger partial charge in [0, 0.05) is 17.7 Å². The maximum atomic E-state index is 12.7. The lowest BCUT2D eigenvalue weighted by Gasteiger charge is -2.25. The van der Waals surface area contributed by atoms with Crippen molar-refractivity contribution in [2.45, 2.75) is 6.92 Å². The highest BCUT2D eigenvalue weighted by atomic mass is 16.5. The minimum Gasteiger partial charge on any atom is -0.545 e. The number of amides is 1. The first-order valence-corrected chi connectivity index (χ1v) is 7.23. The number of carboxylic acids is 1. The Kier molecular flexibility index (Phi) is 5.17. The molecule has 0 aromatic heterocycles. The number of nitriles is 1. The van der Waals surface area contributed by atoms with Crippen molar-refractivity contribution in [1.29, 1.82) is 5.26 Å². The Morgan fingerprint density at radius 2 is 1.88 bits per heavy atom. The number of hydrogen-bond acceptors (Lipinski definition) is 5. The van der Waals surface area contributed by atoms with Gasteiger partial charge in [0.1, 0.15) is 0 Å². The number of hydrogen-bond donors (Lipinski definition) is 0. The molecule has 0 bridgehead atoms. The summed E-state index contributed by atoms with van der Waals surface area (Å²) in [5, 5.41) is 20.1. The molecule has 0 saturated heterocycles. The summed E-state index contributed by atoms with van der Waals surface area (Å²) in [5.74, 6) is -1.63. The molecule has 0 radical (unpaired) electrons. The van der Waals surface area contributed by atoms with Crippen LogP contribution in [0, 0.1) is 11.3 Å². The second-order valence-corrected chi connectivity index (χ2v) is 4.88. The Labute approximate surface area is 139 Å². The zero-order valence-electron chi connectivity index (χ0n) is 13.3. The van der Waals surface area contributed by atoms with Gasteiger partial charge in [-0.2, -0.15) is 5.26 Å². The first-order chi connectivity index (χ1) is 11.5. The van der Waals surface area contributed by atoms with E-state index in [1.807, 2.05) is 6.07 Å². The fourth-order valence-electron chi connectivity index (χ4n) is 2.38. The van der Waals surface area contributed by atoms with Crippen molar-refractivity contribution in [3.05, 3.63) is 59.2 Å². The fraction of sp³-hybridized carbons (Fsp3) is 0.167. The van der Waals surface area contributed by atoms with E-state index in [-0.39, 0.29) is 17.2 Å². The van der Waals surface area contributed by atoms with Crippen molar-refractivity contribution < 1.29 is 19.4 Å². The first kappa shape index (κ1) is 17.0. The van der Waals surface area contributed by atoms with Gasteiger partial charge in [-0.1, -0.05) is 6.07 Å². The summed E-state index contributed by atoms with van der Waals surface area (Å²) in [6, 6.07) is 12.7. The van der Waals surface area contributed by atoms with Gasteiger partial charge in [-0.05, 0) is 43.3 Å². The lowest BCUT2D eigenvalue weighted by Crippen LogP contribution is -2.32. The van der Waals surface area contributed by atoms with Gasteiger partial charge in [0.25, 0.3) is 5.91 Å². The quantitative estimate of drug-likeness (QED) is 0.833. The molecule has 2 rings (SSSR count). The molecule has 0 spiro atoms. The van der Waals surface area contributed by atoms with Crippen LogP contribution >= 0.6 is 0 Å². The number of methoxy groups -OCH3 is 1. The molecule has 0 fully saturated rings. The summed E-state index contributed by atoms with van der Waals surface area (Å²) in [6.07, 6.45) is 0. The average molecular weight is 323 g/mol. The zero-order chi connectivity index (χ0) is 17.7. The highest BCUT2D eigenvalue weighted by Crippen LogP contribution is 2.32. The van der Waals surface area contributed by atoms with E-state index in [4.69, 9.17) is 10.00 Å². The van der Waals surface area contributed by atoms with Crippen LogP contribution in [0.2, 0.25) is 0 Å². The van der Waals surface area contributed by atoms with Gasteiger partial charge in [0.05, 0.1) is 30.4 Å². The number of ether oxygens (including phenoxy) is 1. The van der Waals surface area contributed by atoms with Gasteiger partial charge in [-0.3, -0.25) is 4.79 Å². The second-order valence-electron chi connectivity index (χ2n) is 4.88. The summed E-state index contributed by atoms with van der Waals surface area (Å²) >= 11 is 0. The molecule has 0 aliphatic heterocycles. The molecule has 2 aromatic carbocycles. The van der Waals surface area contributed by atoms with Crippen LogP contribution in [0.25, 0.3) is 0 Å². The topological polar surface area (TPSA) is 93.5 Å². The summed E-state index contributed by atoms with van der Waals surface area (Å²) in [5.41, 5.74) is 1.06. The number of rotatable bonds is 5. The van der Waals surface area contributed by atoms with Crippen molar-refractivity contribution in [3.8, 4) is 11.8 Å². The van der Waals surface area contributed by atoms with E-state index in [1.165, 1.54) is 24.1 Å². The van der Waals surface area contributed by atoms with Gasteiger partial charge in [0.2, 0.25) is 0 Å². The summed E-state index contributed by atoms with van der Waals surface area (Å²) in [4.78, 5) is 25.4. The summed E-state index contributed by atoms with van der Waals surface area (Å²) in [7, 11) is 1.34. The van der Waals surface area contributed by atoms with Crippen LogP contribution in [0.1, 0.15) is 33.2 Å². The highest BCUT2D eigenvalue weighted by Gasteiger charge is 2.21. The van der Waals surface area contributed by atoms with Crippen molar-refractivity contribution in [3.63, 3.8) is 0 Å². The van der Waals surface area contributed by atoms with Gasteiger partial charge >= 0.3 is 0 Å². The van der Waals surface area contributed by atoms with Crippen LogP contribution in [-0.2, 0) is 0 Å². The van der Waals surface area contributed by atoms with E-state index >= 15 is 0 Å². The molecule has 2 aromatic rings. The Morgan fingerprint density at radius 1 is 1.21 bits per heavy atom. The molecular weight excluding hydrogens is 308 g/mol. The third-order valence-electron chi connectivity index (χ3n) is 3.53. The average Bonchev–Trinajstić information content (AvgIpc) is 2.61. The number of para-hydroxylation sites is 1. The van der Waals surface area contributed by atoms with Crippen molar-refractivity contribution in [2.24, 2.45) is 0 Å². The van der Waals surface area contributed by atoms with E-state index in [1.54, 1.807) is 37.3 Å². The third-order valence-corrected chi connectivity index (χ3v) is 3.53. The van der Waals surface area contributed by atoms with Crippen LogP contribution in [0.15, 0.2) is 42.5 Å². The van der Waals surface area contributed by atoms with Gasteiger partial charge < -0.3 is 19.5 Å². The monoisotopic (exact) mass is 323 g/mol. The van der Waals surface area contributed by atoms with E-state index < -0.39 is 5.97 Å². The number of aromatic carboxylic acids is 1. The van der Waals surface area contributed by atoms with Crippen LogP contribution in [0.3, 0.4) is 0 Å². The van der Waals surface area contributed by atoms with Gasteiger partial charge in [-0.25, -0.2) is 0 Å². The molecular formula is C18H15N2O4-. The number of carbonyl (C=O) groups is 2. The Balaban J connectivity index is 2.48. The third kappa shape index (κ3) is 3.20. The van der Waals surface area contributed by atoms with E-state index in [0.717, 1.165) is 0 Å². The lowest BCUT2D eigenvalue weighted by molar-refractivity contribution is -0.255. The molecule has 0 atom stereocenters. The Hall–Kier alpha value is -3.33. The Bertz CT molecular complexity index is 807. The molecule has 1 amide bonds. The minimum absolute atomic E-state index is 0.0707. The molecule has 0 heterocycles. The Morgan fingerprint density at radius 3 is 2.38 bits per heavy atom. The molecule has 122 valence electrons. The number of benzene rings is 2. The molecule has 0 aliphatic carbocycles. The molecule has 0 aliphatic rings. The molecule has 24 heavy (non-hydrogen) atoms. The molecule has 0 N–H and O–H groups in total. The number of carbonyl (C=O) groups excluding carboxylic acids is 2. The highest BCUT2D eigenvalue weighted by molar-refractivity contribution is 6.08. The van der Waals surface area contributed by atoms with Crippen LogP contribution < -0.4 is 14.7 Å². The smallest absolute Gasteiger partial charge is 0.258 e. The zero-order valence-corrected chi connectivity index (χ0v) is 13.3. The predicted octanol–water partition coefficient (Wildman–Crippen LogP) is 1.60. The van der Waals surface area contributed by atoms with E-state index in [2.05, 4.69) is 0 Å². The minimum atomic E-state index is -1.38. The summed E-state index contributed by atoms with van der Waals surface area (Å²) < 4.78 is 5.19.